The molecule has 33 heavy (non-hydrogen) atoms. The minimum atomic E-state index is -0.140. The molecule has 1 aliphatic heterocycles. The van der Waals surface area contributed by atoms with E-state index < -0.39 is 0 Å². The van der Waals surface area contributed by atoms with Gasteiger partial charge in [-0.3, -0.25) is 9.69 Å². The van der Waals surface area contributed by atoms with Gasteiger partial charge in [0.2, 0.25) is 5.91 Å². The topological polar surface area (TPSA) is 60.5 Å². The number of methoxy groups -OCH3 is 2. The van der Waals surface area contributed by atoms with Crippen LogP contribution in [0.25, 0.3) is 0 Å². The van der Waals surface area contributed by atoms with Gasteiger partial charge in [0.25, 0.3) is 0 Å². The van der Waals surface area contributed by atoms with Crippen molar-refractivity contribution >= 4 is 17.5 Å². The second kappa shape index (κ2) is 13.5. The zero-order valence-corrected chi connectivity index (χ0v) is 20.1. The van der Waals surface area contributed by atoms with E-state index in [1.54, 1.807) is 14.2 Å². The van der Waals surface area contributed by atoms with Gasteiger partial charge < -0.3 is 23.8 Å². The number of hydrogen-bond acceptors (Lipinski definition) is 6. The van der Waals surface area contributed by atoms with Gasteiger partial charge >= 0.3 is 0 Å². The number of rotatable bonds is 12. The van der Waals surface area contributed by atoms with E-state index >= 15 is 0 Å². The molecule has 2 aromatic rings. The lowest BCUT2D eigenvalue weighted by molar-refractivity contribution is -0.138. The molecule has 1 atom stereocenters. The molecule has 0 aliphatic carbocycles. The molecule has 1 aliphatic rings. The quantitative estimate of drug-likeness (QED) is 0.437. The highest BCUT2D eigenvalue weighted by atomic mass is 35.5. The molecule has 1 amide bonds. The van der Waals surface area contributed by atoms with E-state index in [1.807, 2.05) is 47.4 Å². The Morgan fingerprint density at radius 1 is 1.03 bits per heavy atom. The van der Waals surface area contributed by atoms with Crippen LogP contribution >= 0.6 is 11.6 Å². The average Bonchev–Trinajstić information content (AvgIpc) is 2.84. The lowest BCUT2D eigenvalue weighted by Crippen LogP contribution is -2.50. The zero-order valence-electron chi connectivity index (χ0n) is 19.4. The Morgan fingerprint density at radius 2 is 1.82 bits per heavy atom. The third-order valence-corrected chi connectivity index (χ3v) is 5.85. The second-order valence-electron chi connectivity index (χ2n) is 7.93. The van der Waals surface area contributed by atoms with Crippen LogP contribution in [0, 0.1) is 0 Å². The van der Waals surface area contributed by atoms with Crippen molar-refractivity contribution in [2.45, 2.75) is 12.7 Å². The molecule has 0 aromatic heterocycles. The van der Waals surface area contributed by atoms with E-state index in [9.17, 15) is 4.79 Å². The van der Waals surface area contributed by atoms with Crippen molar-refractivity contribution in [3.05, 3.63) is 64.7 Å². The maximum atomic E-state index is 12.4. The molecule has 0 spiro atoms. The van der Waals surface area contributed by atoms with E-state index in [4.69, 9.17) is 30.5 Å². The Labute approximate surface area is 201 Å². The summed E-state index contributed by atoms with van der Waals surface area (Å²) >= 11 is 6.13. The van der Waals surface area contributed by atoms with Gasteiger partial charge in [0.1, 0.15) is 12.4 Å². The molecule has 1 heterocycles. The van der Waals surface area contributed by atoms with Crippen LogP contribution < -0.4 is 4.74 Å². The summed E-state index contributed by atoms with van der Waals surface area (Å²) < 4.78 is 22.1. The fraction of sp³-hybridized carbons (Fsp3) is 0.480. The fourth-order valence-electron chi connectivity index (χ4n) is 3.73. The van der Waals surface area contributed by atoms with Crippen LogP contribution in [0.1, 0.15) is 17.2 Å². The second-order valence-corrected chi connectivity index (χ2v) is 8.37. The number of halogens is 1. The molecule has 2 aromatic carbocycles. The lowest BCUT2D eigenvalue weighted by Gasteiger charge is -2.36. The fourth-order valence-corrected chi connectivity index (χ4v) is 3.94. The Kier molecular flexibility index (Phi) is 10.4. The molecular formula is C25H33ClN2O5. The summed E-state index contributed by atoms with van der Waals surface area (Å²) in [6.07, 6.45) is -0.140. The highest BCUT2D eigenvalue weighted by molar-refractivity contribution is 6.30. The third-order valence-electron chi connectivity index (χ3n) is 5.61. The monoisotopic (exact) mass is 476 g/mol. The summed E-state index contributed by atoms with van der Waals surface area (Å²) in [6, 6.07) is 15.7. The van der Waals surface area contributed by atoms with E-state index in [2.05, 4.69) is 11.0 Å². The van der Waals surface area contributed by atoms with Gasteiger partial charge in [-0.25, -0.2) is 0 Å². The first-order valence-electron chi connectivity index (χ1n) is 11.2. The summed E-state index contributed by atoms with van der Waals surface area (Å²) in [5, 5.41) is 0.695. The van der Waals surface area contributed by atoms with E-state index in [1.165, 1.54) is 0 Å². The van der Waals surface area contributed by atoms with E-state index in [0.29, 0.717) is 37.9 Å². The molecule has 8 heteroatoms. The Bertz CT molecular complexity index is 873. The molecule has 180 valence electrons. The van der Waals surface area contributed by atoms with Crippen LogP contribution in [-0.4, -0.2) is 82.5 Å². The van der Waals surface area contributed by atoms with E-state index in [0.717, 1.165) is 36.5 Å². The van der Waals surface area contributed by atoms with Crippen LogP contribution in [0.2, 0.25) is 5.02 Å². The largest absolute Gasteiger partial charge is 0.497 e. The number of carbonyl (C=O) groups excluding carboxylic acids is 1. The maximum Gasteiger partial charge on any atom is 0.248 e. The van der Waals surface area contributed by atoms with Crippen LogP contribution in [0.5, 0.6) is 5.75 Å². The molecule has 1 fully saturated rings. The molecule has 1 saturated heterocycles. The zero-order chi connectivity index (χ0) is 23.5. The molecular weight excluding hydrogens is 444 g/mol. The summed E-state index contributed by atoms with van der Waals surface area (Å²) in [7, 11) is 3.28. The number of ether oxygens (including phenoxy) is 4. The molecule has 3 rings (SSSR count). The van der Waals surface area contributed by atoms with Crippen molar-refractivity contribution < 1.29 is 23.7 Å². The first-order chi connectivity index (χ1) is 16.1. The van der Waals surface area contributed by atoms with Gasteiger partial charge in [-0.1, -0.05) is 35.9 Å². The van der Waals surface area contributed by atoms with Crippen molar-refractivity contribution in [3.63, 3.8) is 0 Å². The highest BCUT2D eigenvalue weighted by Gasteiger charge is 2.24. The van der Waals surface area contributed by atoms with E-state index in [-0.39, 0.29) is 18.6 Å². The normalized spacial score (nSPS) is 15.4. The first kappa shape index (κ1) is 25.5. The number of carbonyl (C=O) groups is 1. The molecule has 0 saturated carbocycles. The van der Waals surface area contributed by atoms with Crippen LogP contribution in [0.3, 0.4) is 0 Å². The number of piperazine rings is 1. The predicted molar refractivity (Wildman–Crippen MR) is 128 cm³/mol. The highest BCUT2D eigenvalue weighted by Crippen LogP contribution is 2.25. The molecule has 1 unspecified atom stereocenters. The van der Waals surface area contributed by atoms with Gasteiger partial charge in [0.15, 0.2) is 0 Å². The standard InChI is InChI=1S/C25H33ClN2O5/c1-30-13-14-32-19-25(29)28-11-9-27(10-12-28)17-24(21-6-4-8-23(16-21)31-2)33-18-20-5-3-7-22(26)15-20/h3-8,15-16,24H,9-14,17-19H2,1-2H3. The van der Waals surface area contributed by atoms with Gasteiger partial charge in [0, 0.05) is 44.9 Å². The Balaban J connectivity index is 1.57. The van der Waals surface area contributed by atoms with Crippen molar-refractivity contribution in [2.75, 3.05) is 66.8 Å². The van der Waals surface area contributed by atoms with Crippen LogP contribution in [0.4, 0.5) is 0 Å². The molecule has 7 nitrogen and oxygen atoms in total. The maximum absolute atomic E-state index is 12.4. The number of benzene rings is 2. The van der Waals surface area contributed by atoms with Crippen LogP contribution in [-0.2, 0) is 25.6 Å². The molecule has 0 N–H and O–H groups in total. The SMILES string of the molecule is COCCOCC(=O)N1CCN(CC(OCc2cccc(Cl)c2)c2cccc(OC)c2)CC1. The van der Waals surface area contributed by atoms with Crippen molar-refractivity contribution in [1.82, 2.24) is 9.80 Å². The molecule has 0 bridgehead atoms. The number of hydrogen-bond donors (Lipinski definition) is 0. The average molecular weight is 477 g/mol. The third kappa shape index (κ3) is 8.28. The summed E-state index contributed by atoms with van der Waals surface area (Å²) in [5.41, 5.74) is 2.08. The number of nitrogens with zero attached hydrogens (tertiary/aromatic N) is 2. The van der Waals surface area contributed by atoms with Crippen molar-refractivity contribution in [2.24, 2.45) is 0 Å². The van der Waals surface area contributed by atoms with Crippen molar-refractivity contribution in [1.29, 1.82) is 0 Å². The minimum Gasteiger partial charge on any atom is -0.497 e. The van der Waals surface area contributed by atoms with Gasteiger partial charge in [0.05, 0.1) is 33.0 Å². The van der Waals surface area contributed by atoms with Gasteiger partial charge in [-0.15, -0.1) is 0 Å². The summed E-state index contributed by atoms with van der Waals surface area (Å²) in [6.45, 7) is 5.10. The van der Waals surface area contributed by atoms with Crippen LogP contribution in [0.15, 0.2) is 48.5 Å². The number of amides is 1. The summed E-state index contributed by atoms with van der Waals surface area (Å²) in [5.74, 6) is 0.819. The van der Waals surface area contributed by atoms with Gasteiger partial charge in [-0.2, -0.15) is 0 Å². The Morgan fingerprint density at radius 3 is 2.55 bits per heavy atom. The Hall–Kier alpha value is -2.16. The smallest absolute Gasteiger partial charge is 0.248 e. The van der Waals surface area contributed by atoms with Crippen molar-refractivity contribution in [3.8, 4) is 5.75 Å². The summed E-state index contributed by atoms with van der Waals surface area (Å²) in [4.78, 5) is 16.6. The first-order valence-corrected chi connectivity index (χ1v) is 11.5. The predicted octanol–water partition coefficient (Wildman–Crippen LogP) is 3.41. The lowest BCUT2D eigenvalue weighted by atomic mass is 10.1. The minimum absolute atomic E-state index is 0.0207. The molecule has 0 radical (unpaired) electrons. The van der Waals surface area contributed by atoms with Gasteiger partial charge in [-0.05, 0) is 35.4 Å².